The minimum absolute atomic E-state index is 0. The van der Waals surface area contributed by atoms with Gasteiger partial charge in [-0.1, -0.05) is 26.2 Å². The van der Waals surface area contributed by atoms with Gasteiger partial charge in [-0.15, -0.1) is 34.2 Å². The van der Waals surface area contributed by atoms with Gasteiger partial charge in [0.2, 0.25) is 0 Å². The Balaban J connectivity index is 0.00000280. The Morgan fingerprint density at radius 3 is 2.71 bits per heavy atom. The lowest BCUT2D eigenvalue weighted by atomic mass is 9.83. The van der Waals surface area contributed by atoms with Crippen molar-refractivity contribution in [3.63, 3.8) is 0 Å². The summed E-state index contributed by atoms with van der Waals surface area (Å²) in [4.78, 5) is 4.42. The van der Waals surface area contributed by atoms with E-state index in [1.165, 1.54) is 63.6 Å². The fourth-order valence-corrected chi connectivity index (χ4v) is 4.58. The smallest absolute Gasteiger partial charge is 0.191 e. The predicted octanol–water partition coefficient (Wildman–Crippen LogP) is 4.08. The van der Waals surface area contributed by atoms with Crippen molar-refractivity contribution in [1.82, 2.24) is 25.4 Å². The van der Waals surface area contributed by atoms with Crippen LogP contribution in [0.2, 0.25) is 0 Å². The molecule has 0 atom stereocenters. The molecular weight excluding hydrogens is 463 g/mol. The number of fused-ring (bicyclic) bond motifs is 1. The number of nitrogens with one attached hydrogen (secondary N) is 2. The van der Waals surface area contributed by atoms with Crippen LogP contribution in [-0.2, 0) is 19.4 Å². The van der Waals surface area contributed by atoms with Crippen molar-refractivity contribution in [3.8, 4) is 0 Å². The largest absolute Gasteiger partial charge is 0.356 e. The highest BCUT2D eigenvalue weighted by molar-refractivity contribution is 14.0. The topological polar surface area (TPSA) is 67.1 Å². The van der Waals surface area contributed by atoms with E-state index < -0.39 is 0 Å². The van der Waals surface area contributed by atoms with E-state index in [1.807, 2.05) is 7.05 Å². The van der Waals surface area contributed by atoms with Crippen molar-refractivity contribution in [2.45, 2.75) is 96.6 Å². The van der Waals surface area contributed by atoms with Crippen molar-refractivity contribution in [1.29, 1.82) is 0 Å². The molecule has 0 amide bonds. The third kappa shape index (κ3) is 6.88. The second kappa shape index (κ2) is 12.6. The van der Waals surface area contributed by atoms with Crippen molar-refractivity contribution >= 4 is 29.9 Å². The molecule has 7 heteroatoms. The average Bonchev–Trinajstić information content (AvgIpc) is 2.92. The van der Waals surface area contributed by atoms with Crippen molar-refractivity contribution in [3.05, 3.63) is 11.6 Å². The number of hydrogen-bond donors (Lipinski definition) is 2. The summed E-state index contributed by atoms with van der Waals surface area (Å²) in [6.07, 6.45) is 14.9. The summed E-state index contributed by atoms with van der Waals surface area (Å²) >= 11 is 0. The standard InChI is InChI=1S/C21H38N6.HI/c1-3-8-17-11-13-18(14-12-17)24-21(22-2)23-15-7-10-20-26-25-19-9-5-4-6-16-27(19)20;/h17-18H,3-16H2,1-2H3,(H2,22,23,24);1H. The van der Waals surface area contributed by atoms with Gasteiger partial charge < -0.3 is 15.2 Å². The van der Waals surface area contributed by atoms with Crippen LogP contribution in [0.15, 0.2) is 4.99 Å². The molecule has 1 aliphatic carbocycles. The van der Waals surface area contributed by atoms with Gasteiger partial charge in [-0.3, -0.25) is 4.99 Å². The number of aromatic nitrogens is 3. The summed E-state index contributed by atoms with van der Waals surface area (Å²) in [6.45, 7) is 4.31. The molecular formula is C21H39IN6. The van der Waals surface area contributed by atoms with E-state index in [-0.39, 0.29) is 24.0 Å². The van der Waals surface area contributed by atoms with Crippen molar-refractivity contribution < 1.29 is 0 Å². The van der Waals surface area contributed by atoms with Gasteiger partial charge in [0, 0.05) is 39.0 Å². The SMILES string of the molecule is CCCC1CCC(NC(=NC)NCCCc2nnc3n2CCCCC3)CC1.I. The third-order valence-corrected chi connectivity index (χ3v) is 6.16. The summed E-state index contributed by atoms with van der Waals surface area (Å²) in [6, 6.07) is 0.580. The zero-order valence-electron chi connectivity index (χ0n) is 17.8. The Morgan fingerprint density at radius 1 is 1.14 bits per heavy atom. The lowest BCUT2D eigenvalue weighted by molar-refractivity contribution is 0.295. The van der Waals surface area contributed by atoms with E-state index in [0.29, 0.717) is 6.04 Å². The van der Waals surface area contributed by atoms with E-state index in [4.69, 9.17) is 0 Å². The highest BCUT2D eigenvalue weighted by Crippen LogP contribution is 2.27. The molecule has 1 aromatic rings. The Labute approximate surface area is 187 Å². The lowest BCUT2D eigenvalue weighted by Crippen LogP contribution is -2.45. The van der Waals surface area contributed by atoms with Gasteiger partial charge in [0.1, 0.15) is 11.6 Å². The predicted molar refractivity (Wildman–Crippen MR) is 126 cm³/mol. The first-order valence-electron chi connectivity index (χ1n) is 11.2. The molecule has 0 radical (unpaired) electrons. The van der Waals surface area contributed by atoms with Gasteiger partial charge in [-0.2, -0.15) is 0 Å². The second-order valence-electron chi connectivity index (χ2n) is 8.25. The van der Waals surface area contributed by atoms with Crippen LogP contribution >= 0.6 is 24.0 Å². The number of aryl methyl sites for hydroxylation is 2. The van der Waals surface area contributed by atoms with Gasteiger partial charge in [-0.25, -0.2) is 0 Å². The van der Waals surface area contributed by atoms with Gasteiger partial charge in [0.15, 0.2) is 5.96 Å². The van der Waals surface area contributed by atoms with Crippen LogP contribution in [-0.4, -0.2) is 40.4 Å². The summed E-state index contributed by atoms with van der Waals surface area (Å²) < 4.78 is 2.36. The van der Waals surface area contributed by atoms with E-state index in [0.717, 1.165) is 50.1 Å². The van der Waals surface area contributed by atoms with Gasteiger partial charge >= 0.3 is 0 Å². The van der Waals surface area contributed by atoms with Crippen LogP contribution in [0.3, 0.4) is 0 Å². The van der Waals surface area contributed by atoms with Gasteiger partial charge in [0.25, 0.3) is 0 Å². The van der Waals surface area contributed by atoms with E-state index in [2.05, 4.69) is 37.3 Å². The molecule has 2 N–H and O–H groups in total. The normalized spacial score (nSPS) is 22.7. The number of halogens is 1. The summed E-state index contributed by atoms with van der Waals surface area (Å²) in [5.74, 6) is 4.24. The summed E-state index contributed by atoms with van der Waals surface area (Å²) in [5.41, 5.74) is 0. The van der Waals surface area contributed by atoms with E-state index in [9.17, 15) is 0 Å². The fourth-order valence-electron chi connectivity index (χ4n) is 4.58. The van der Waals surface area contributed by atoms with Crippen LogP contribution < -0.4 is 10.6 Å². The molecule has 2 heterocycles. The molecule has 1 aromatic heterocycles. The maximum atomic E-state index is 4.43. The summed E-state index contributed by atoms with van der Waals surface area (Å²) in [5, 5.41) is 15.9. The van der Waals surface area contributed by atoms with Gasteiger partial charge in [-0.05, 0) is 50.9 Å². The number of nitrogens with zero attached hydrogens (tertiary/aromatic N) is 4. The first-order valence-corrected chi connectivity index (χ1v) is 11.2. The Hall–Kier alpha value is -0.860. The fraction of sp³-hybridized carbons (Fsp3) is 0.857. The van der Waals surface area contributed by atoms with Crippen LogP contribution in [0, 0.1) is 5.92 Å². The van der Waals surface area contributed by atoms with Crippen molar-refractivity contribution in [2.24, 2.45) is 10.9 Å². The van der Waals surface area contributed by atoms with E-state index in [1.54, 1.807) is 0 Å². The monoisotopic (exact) mass is 502 g/mol. The molecule has 2 aliphatic rings. The quantitative estimate of drug-likeness (QED) is 0.255. The molecule has 3 rings (SSSR count). The molecule has 28 heavy (non-hydrogen) atoms. The number of aliphatic imine (C=N–C) groups is 1. The van der Waals surface area contributed by atoms with Crippen LogP contribution in [0.1, 0.15) is 82.8 Å². The molecule has 1 saturated carbocycles. The Kier molecular flexibility index (Phi) is 10.6. The lowest BCUT2D eigenvalue weighted by Gasteiger charge is -2.30. The summed E-state index contributed by atoms with van der Waals surface area (Å²) in [7, 11) is 1.87. The molecule has 1 fully saturated rings. The zero-order valence-corrected chi connectivity index (χ0v) is 20.1. The molecule has 0 spiro atoms. The molecule has 0 bridgehead atoms. The van der Waals surface area contributed by atoms with Crippen LogP contribution in [0.25, 0.3) is 0 Å². The minimum Gasteiger partial charge on any atom is -0.356 e. The number of rotatable bonds is 7. The second-order valence-corrected chi connectivity index (χ2v) is 8.25. The van der Waals surface area contributed by atoms with E-state index >= 15 is 0 Å². The first kappa shape index (κ1) is 23.4. The average molecular weight is 502 g/mol. The third-order valence-electron chi connectivity index (χ3n) is 6.16. The van der Waals surface area contributed by atoms with Crippen LogP contribution in [0.4, 0.5) is 0 Å². The maximum Gasteiger partial charge on any atom is 0.191 e. The Bertz CT molecular complexity index is 592. The molecule has 1 aliphatic heterocycles. The molecule has 0 unspecified atom stereocenters. The van der Waals surface area contributed by atoms with Crippen molar-refractivity contribution in [2.75, 3.05) is 13.6 Å². The maximum absolute atomic E-state index is 4.43. The number of guanidine groups is 1. The minimum atomic E-state index is 0. The van der Waals surface area contributed by atoms with Gasteiger partial charge in [0.05, 0.1) is 0 Å². The molecule has 6 nitrogen and oxygen atoms in total. The molecule has 0 aromatic carbocycles. The Morgan fingerprint density at radius 2 is 1.96 bits per heavy atom. The highest BCUT2D eigenvalue weighted by Gasteiger charge is 2.21. The highest BCUT2D eigenvalue weighted by atomic mass is 127. The molecule has 0 saturated heterocycles. The van der Waals surface area contributed by atoms with Crippen LogP contribution in [0.5, 0.6) is 0 Å². The molecule has 160 valence electrons. The zero-order chi connectivity index (χ0) is 18.9. The first-order chi connectivity index (χ1) is 13.3. The number of hydrogen-bond acceptors (Lipinski definition) is 3.